The number of para-hydroxylation sites is 1. The Bertz CT molecular complexity index is 3550. The molecule has 0 radical (unpaired) electrons. The molecule has 0 unspecified atom stereocenters. The van der Waals surface area contributed by atoms with Crippen molar-refractivity contribution in [2.24, 2.45) is 0 Å². The monoisotopic (exact) mass is 773 g/mol. The van der Waals surface area contributed by atoms with Gasteiger partial charge in [0.2, 0.25) is 0 Å². The molecule has 0 saturated heterocycles. The van der Waals surface area contributed by atoms with Gasteiger partial charge >= 0.3 is 0 Å². The third-order valence-electron chi connectivity index (χ3n) is 11.3. The van der Waals surface area contributed by atoms with Crippen molar-refractivity contribution >= 4 is 84.7 Å². The number of thiophene rings is 2. The molecule has 0 amide bonds. The van der Waals surface area contributed by atoms with Crippen LogP contribution in [-0.4, -0.2) is 15.0 Å². The van der Waals surface area contributed by atoms with Crippen molar-refractivity contribution in [3.8, 4) is 56.3 Å². The fourth-order valence-electron chi connectivity index (χ4n) is 8.50. The molecule has 12 rings (SSSR count). The lowest BCUT2D eigenvalue weighted by Gasteiger charge is -2.11. The van der Waals surface area contributed by atoms with Crippen molar-refractivity contribution in [2.75, 3.05) is 0 Å². The number of pyridine rings is 1. The first-order chi connectivity index (χ1) is 28.7. The van der Waals surface area contributed by atoms with E-state index in [1.807, 2.05) is 40.9 Å². The summed E-state index contributed by atoms with van der Waals surface area (Å²) in [6.07, 6.45) is 0. The molecule has 0 saturated carbocycles. The van der Waals surface area contributed by atoms with Gasteiger partial charge in [0.15, 0.2) is 5.82 Å². The Labute approximate surface area is 342 Å². The molecule has 0 aliphatic rings. The highest BCUT2D eigenvalue weighted by Crippen LogP contribution is 2.46. The number of benzene rings is 8. The first kappa shape index (κ1) is 33.1. The summed E-state index contributed by atoms with van der Waals surface area (Å²) in [5, 5.41) is 8.75. The molecule has 0 N–H and O–H groups in total. The summed E-state index contributed by atoms with van der Waals surface area (Å²) in [7, 11) is 0. The second-order valence-corrected chi connectivity index (χ2v) is 16.8. The van der Waals surface area contributed by atoms with Crippen LogP contribution in [0, 0.1) is 0 Å². The molecule has 270 valence electrons. The summed E-state index contributed by atoms with van der Waals surface area (Å²) in [5.41, 5.74) is 10.5. The second-order valence-electron chi connectivity index (χ2n) is 14.7. The lowest BCUT2D eigenvalue weighted by Crippen LogP contribution is -1.95. The van der Waals surface area contributed by atoms with Crippen LogP contribution < -0.4 is 0 Å². The highest BCUT2D eigenvalue weighted by molar-refractivity contribution is 7.27. The number of aromatic nitrogens is 3. The molecule has 0 spiro atoms. The van der Waals surface area contributed by atoms with E-state index in [1.54, 1.807) is 0 Å². The van der Waals surface area contributed by atoms with Gasteiger partial charge in [0.05, 0.1) is 22.6 Å². The van der Waals surface area contributed by atoms with Crippen molar-refractivity contribution < 1.29 is 0 Å². The lowest BCUT2D eigenvalue weighted by molar-refractivity contribution is 1.18. The normalized spacial score (nSPS) is 11.8. The Balaban J connectivity index is 0.987. The smallest absolute Gasteiger partial charge is 0.160 e. The summed E-state index contributed by atoms with van der Waals surface area (Å²) < 4.78 is 5.13. The van der Waals surface area contributed by atoms with Crippen LogP contribution in [0.5, 0.6) is 0 Å². The van der Waals surface area contributed by atoms with Gasteiger partial charge in [-0.15, -0.1) is 22.7 Å². The summed E-state index contributed by atoms with van der Waals surface area (Å²) in [4.78, 5) is 15.5. The summed E-state index contributed by atoms with van der Waals surface area (Å²) in [5.74, 6) is 0.717. The molecule has 4 heterocycles. The van der Waals surface area contributed by atoms with E-state index in [-0.39, 0.29) is 0 Å². The van der Waals surface area contributed by atoms with Gasteiger partial charge < -0.3 is 0 Å². The molecule has 0 aliphatic heterocycles. The number of rotatable bonds is 5. The second kappa shape index (κ2) is 13.3. The SMILES string of the molecule is c1ccc(-c2nc(-c3ccc(-c4cccc5c4sc4c5ccc5c(-c6ccccc6)nc6ccccc6c54)cc3)cc(-c3ccc4c(c3)sc3ccccc34)n2)cc1. The molecule has 12 aromatic rings. The van der Waals surface area contributed by atoms with Crippen molar-refractivity contribution in [1.29, 1.82) is 0 Å². The summed E-state index contributed by atoms with van der Waals surface area (Å²) >= 11 is 3.71. The minimum Gasteiger partial charge on any atom is -0.247 e. The summed E-state index contributed by atoms with van der Waals surface area (Å²) in [6.45, 7) is 0. The van der Waals surface area contributed by atoms with E-state index in [9.17, 15) is 0 Å². The van der Waals surface area contributed by atoms with Gasteiger partial charge in [-0.05, 0) is 35.4 Å². The van der Waals surface area contributed by atoms with Gasteiger partial charge in [-0.25, -0.2) is 15.0 Å². The fourth-order valence-corrected chi connectivity index (χ4v) is 11.0. The fraction of sp³-hybridized carbons (Fsp3) is 0. The maximum absolute atomic E-state index is 5.19. The standard InChI is InChI=1S/C53H31N3S2/c1-3-12-34(13-4-1)50-43-29-28-41-40-19-11-18-37(51(40)58-52(41)49(43)42-17-7-9-20-44(42)54-50)32-22-24-33(25-23-32)45-31-46(56-53(55-45)35-14-5-2-6-15-35)36-26-27-39-38-16-8-10-21-47(38)57-48(39)30-36/h1-31H. The Morgan fingerprint density at radius 2 is 0.931 bits per heavy atom. The Kier molecular flexibility index (Phi) is 7.58. The van der Waals surface area contributed by atoms with E-state index < -0.39 is 0 Å². The molecule has 3 nitrogen and oxygen atoms in total. The highest BCUT2D eigenvalue weighted by atomic mass is 32.1. The maximum Gasteiger partial charge on any atom is 0.160 e. The Morgan fingerprint density at radius 1 is 0.328 bits per heavy atom. The van der Waals surface area contributed by atoms with Crippen LogP contribution in [0.4, 0.5) is 0 Å². The maximum atomic E-state index is 5.19. The van der Waals surface area contributed by atoms with Crippen LogP contribution >= 0.6 is 22.7 Å². The molecular formula is C53H31N3S2. The third kappa shape index (κ3) is 5.36. The molecule has 0 bridgehead atoms. The van der Waals surface area contributed by atoms with Gasteiger partial charge in [-0.1, -0.05) is 164 Å². The van der Waals surface area contributed by atoms with E-state index in [0.717, 1.165) is 44.9 Å². The first-order valence-corrected chi connectivity index (χ1v) is 21.1. The van der Waals surface area contributed by atoms with Gasteiger partial charge in [0.25, 0.3) is 0 Å². The minimum atomic E-state index is 0.717. The average Bonchev–Trinajstić information content (AvgIpc) is 3.87. The lowest BCUT2D eigenvalue weighted by atomic mass is 9.97. The zero-order chi connectivity index (χ0) is 38.2. The quantitative estimate of drug-likeness (QED) is 0.164. The van der Waals surface area contributed by atoms with Gasteiger partial charge in [-0.3, -0.25) is 0 Å². The van der Waals surface area contributed by atoms with Crippen molar-refractivity contribution in [1.82, 2.24) is 15.0 Å². The predicted molar refractivity (Wildman–Crippen MR) is 248 cm³/mol. The van der Waals surface area contributed by atoms with Gasteiger partial charge in [0, 0.05) is 78.8 Å². The summed E-state index contributed by atoms with van der Waals surface area (Å²) in [6, 6.07) is 67.0. The highest BCUT2D eigenvalue weighted by Gasteiger charge is 2.18. The number of hydrogen-bond acceptors (Lipinski definition) is 5. The minimum absolute atomic E-state index is 0.717. The topological polar surface area (TPSA) is 38.7 Å². The van der Waals surface area contributed by atoms with Crippen LogP contribution in [0.1, 0.15) is 0 Å². The largest absolute Gasteiger partial charge is 0.247 e. The molecule has 5 heteroatoms. The van der Waals surface area contributed by atoms with Crippen molar-refractivity contribution in [3.63, 3.8) is 0 Å². The molecule has 4 aromatic heterocycles. The zero-order valence-electron chi connectivity index (χ0n) is 31.1. The van der Waals surface area contributed by atoms with E-state index in [4.69, 9.17) is 15.0 Å². The van der Waals surface area contributed by atoms with Crippen molar-refractivity contribution in [2.45, 2.75) is 0 Å². The molecule has 58 heavy (non-hydrogen) atoms. The Hall–Kier alpha value is -7.05. The third-order valence-corrected chi connectivity index (χ3v) is 13.7. The number of fused-ring (bicyclic) bond motifs is 10. The van der Waals surface area contributed by atoms with Crippen molar-refractivity contribution in [3.05, 3.63) is 188 Å². The predicted octanol–water partition coefficient (Wildman–Crippen LogP) is 15.2. The van der Waals surface area contributed by atoms with Crippen LogP contribution in [-0.2, 0) is 0 Å². The molecule has 0 aliphatic carbocycles. The first-order valence-electron chi connectivity index (χ1n) is 19.4. The average molecular weight is 774 g/mol. The van der Waals surface area contributed by atoms with E-state index >= 15 is 0 Å². The van der Waals surface area contributed by atoms with Crippen LogP contribution in [0.3, 0.4) is 0 Å². The number of hydrogen-bond donors (Lipinski definition) is 0. The molecular weight excluding hydrogens is 743 g/mol. The molecule has 8 aromatic carbocycles. The van der Waals surface area contributed by atoms with Gasteiger partial charge in [-0.2, -0.15) is 0 Å². The van der Waals surface area contributed by atoms with Crippen LogP contribution in [0.25, 0.3) is 118 Å². The van der Waals surface area contributed by atoms with Crippen LogP contribution in [0.15, 0.2) is 188 Å². The van der Waals surface area contributed by atoms with Crippen LogP contribution in [0.2, 0.25) is 0 Å². The Morgan fingerprint density at radius 3 is 1.76 bits per heavy atom. The number of nitrogens with zero attached hydrogens (tertiary/aromatic N) is 3. The zero-order valence-corrected chi connectivity index (χ0v) is 32.7. The molecule has 0 atom stereocenters. The van der Waals surface area contributed by atoms with E-state index in [1.165, 1.54) is 67.6 Å². The van der Waals surface area contributed by atoms with E-state index in [2.05, 4.69) is 170 Å². The van der Waals surface area contributed by atoms with Gasteiger partial charge in [0.1, 0.15) is 0 Å². The molecule has 0 fully saturated rings. The van der Waals surface area contributed by atoms with E-state index in [0.29, 0.717) is 5.82 Å².